The molecule has 3 aromatic rings. The number of hydrogen-bond donors (Lipinski definition) is 2. The smallest absolute Gasteiger partial charge is 0.122 e. The Kier molecular flexibility index (Phi) is 3.76. The van der Waals surface area contributed by atoms with Gasteiger partial charge in [0.05, 0.1) is 0 Å². The Balaban J connectivity index is 1.87. The number of nitrogens with one attached hydrogen (secondary N) is 1. The van der Waals surface area contributed by atoms with Crippen LogP contribution in [0.5, 0.6) is 5.75 Å². The maximum atomic E-state index is 5.87. The molecule has 0 radical (unpaired) electrons. The number of nitrogens with two attached hydrogens (primary N) is 1. The van der Waals surface area contributed by atoms with Crippen LogP contribution in [-0.2, 0) is 13.0 Å². The van der Waals surface area contributed by atoms with Crippen LogP contribution in [0.1, 0.15) is 16.1 Å². The number of ether oxygens (including phenoxy) is 1. The van der Waals surface area contributed by atoms with Gasteiger partial charge in [0.15, 0.2) is 0 Å². The van der Waals surface area contributed by atoms with Crippen molar-refractivity contribution in [3.8, 4) is 5.75 Å². The fraction of sp³-hybridized carbons (Fsp3) is 0.250. The van der Waals surface area contributed by atoms with Crippen LogP contribution in [0.25, 0.3) is 10.9 Å². The summed E-state index contributed by atoms with van der Waals surface area (Å²) in [5.41, 5.74) is 9.34. The quantitative estimate of drug-likeness (QED) is 0.752. The summed E-state index contributed by atoms with van der Waals surface area (Å²) in [5.74, 6) is 0.906. The van der Waals surface area contributed by atoms with Gasteiger partial charge in [0.2, 0.25) is 0 Å². The third kappa shape index (κ3) is 2.57. The molecule has 2 heterocycles. The number of fused-ring (bicyclic) bond motifs is 1. The second-order valence-electron chi connectivity index (χ2n) is 4.84. The van der Waals surface area contributed by atoms with Crippen molar-refractivity contribution in [1.82, 2.24) is 4.98 Å². The Morgan fingerprint density at radius 2 is 2.20 bits per heavy atom. The highest BCUT2D eigenvalue weighted by atomic mass is 32.1. The minimum atomic E-state index is 0.624. The van der Waals surface area contributed by atoms with E-state index in [9.17, 15) is 0 Å². The Hall–Kier alpha value is -1.78. The molecule has 4 heteroatoms. The minimum Gasteiger partial charge on any atom is -0.488 e. The molecule has 0 saturated heterocycles. The van der Waals surface area contributed by atoms with Crippen LogP contribution < -0.4 is 10.5 Å². The van der Waals surface area contributed by atoms with Gasteiger partial charge in [-0.2, -0.15) is 0 Å². The van der Waals surface area contributed by atoms with Crippen molar-refractivity contribution in [2.45, 2.75) is 20.0 Å². The minimum absolute atomic E-state index is 0.624. The van der Waals surface area contributed by atoms with Crippen LogP contribution in [0.2, 0.25) is 0 Å². The first kappa shape index (κ1) is 13.2. The van der Waals surface area contributed by atoms with Crippen LogP contribution in [0.4, 0.5) is 0 Å². The predicted octanol–water partition coefficient (Wildman–Crippen LogP) is 3.62. The molecule has 0 atom stereocenters. The van der Waals surface area contributed by atoms with E-state index in [0.29, 0.717) is 13.2 Å². The molecular formula is C16H18N2OS. The van der Waals surface area contributed by atoms with Gasteiger partial charge in [-0.05, 0) is 55.1 Å². The van der Waals surface area contributed by atoms with E-state index >= 15 is 0 Å². The first-order valence-corrected chi connectivity index (χ1v) is 7.62. The van der Waals surface area contributed by atoms with E-state index in [0.717, 1.165) is 17.7 Å². The average molecular weight is 286 g/mol. The molecule has 0 aliphatic rings. The molecule has 2 aromatic heterocycles. The van der Waals surface area contributed by atoms with Crippen molar-refractivity contribution in [1.29, 1.82) is 0 Å². The Labute approximate surface area is 122 Å². The molecule has 20 heavy (non-hydrogen) atoms. The largest absolute Gasteiger partial charge is 0.488 e. The molecule has 3 rings (SSSR count). The van der Waals surface area contributed by atoms with Crippen molar-refractivity contribution in [3.05, 3.63) is 51.8 Å². The van der Waals surface area contributed by atoms with E-state index in [1.807, 2.05) is 12.1 Å². The lowest BCUT2D eigenvalue weighted by Crippen LogP contribution is -2.03. The average Bonchev–Trinajstić information content (AvgIpc) is 3.06. The van der Waals surface area contributed by atoms with Gasteiger partial charge in [-0.25, -0.2) is 0 Å². The summed E-state index contributed by atoms with van der Waals surface area (Å²) in [6.07, 6.45) is 0.889. The second-order valence-corrected chi connectivity index (χ2v) is 5.87. The fourth-order valence-corrected chi connectivity index (χ4v) is 3.08. The SMILES string of the molecule is Cc1[nH]c2ccc(OCc3cccs3)cc2c1CCN. The molecule has 0 aliphatic carbocycles. The van der Waals surface area contributed by atoms with Gasteiger partial charge in [-0.1, -0.05) is 6.07 Å². The van der Waals surface area contributed by atoms with Crippen LogP contribution in [-0.4, -0.2) is 11.5 Å². The number of aryl methyl sites for hydroxylation is 1. The Morgan fingerprint density at radius 1 is 1.30 bits per heavy atom. The van der Waals surface area contributed by atoms with Crippen LogP contribution in [0, 0.1) is 6.92 Å². The van der Waals surface area contributed by atoms with Gasteiger partial charge >= 0.3 is 0 Å². The highest BCUT2D eigenvalue weighted by Crippen LogP contribution is 2.27. The van der Waals surface area contributed by atoms with E-state index in [2.05, 4.69) is 35.5 Å². The lowest BCUT2D eigenvalue weighted by molar-refractivity contribution is 0.310. The molecule has 1 aromatic carbocycles. The van der Waals surface area contributed by atoms with Gasteiger partial charge in [-0.3, -0.25) is 0 Å². The van der Waals surface area contributed by atoms with Gasteiger partial charge in [0.1, 0.15) is 12.4 Å². The maximum absolute atomic E-state index is 5.87. The number of benzene rings is 1. The summed E-state index contributed by atoms with van der Waals surface area (Å²) in [6.45, 7) is 3.38. The predicted molar refractivity (Wildman–Crippen MR) is 84.4 cm³/mol. The maximum Gasteiger partial charge on any atom is 0.122 e. The zero-order valence-electron chi connectivity index (χ0n) is 11.5. The van der Waals surface area contributed by atoms with Crippen molar-refractivity contribution >= 4 is 22.2 Å². The molecule has 3 nitrogen and oxygen atoms in total. The van der Waals surface area contributed by atoms with Crippen LogP contribution >= 0.6 is 11.3 Å². The summed E-state index contributed by atoms with van der Waals surface area (Å²) in [6, 6.07) is 10.3. The topological polar surface area (TPSA) is 51.0 Å². The van der Waals surface area contributed by atoms with Gasteiger partial charge in [-0.15, -0.1) is 11.3 Å². The van der Waals surface area contributed by atoms with Crippen molar-refractivity contribution in [2.24, 2.45) is 5.73 Å². The molecule has 0 fully saturated rings. The second kappa shape index (κ2) is 5.69. The summed E-state index contributed by atoms with van der Waals surface area (Å²) in [4.78, 5) is 4.63. The molecule has 3 N–H and O–H groups in total. The van der Waals surface area contributed by atoms with E-state index in [1.165, 1.54) is 21.5 Å². The summed E-state index contributed by atoms with van der Waals surface area (Å²) < 4.78 is 5.87. The van der Waals surface area contributed by atoms with Crippen LogP contribution in [0.3, 0.4) is 0 Å². The van der Waals surface area contributed by atoms with Crippen LogP contribution in [0.15, 0.2) is 35.7 Å². The summed E-state index contributed by atoms with van der Waals surface area (Å²) in [5, 5.41) is 3.29. The number of aromatic nitrogens is 1. The highest BCUT2D eigenvalue weighted by Gasteiger charge is 2.09. The zero-order valence-corrected chi connectivity index (χ0v) is 12.3. The third-order valence-corrected chi connectivity index (χ3v) is 4.30. The fourth-order valence-electron chi connectivity index (χ4n) is 2.47. The van der Waals surface area contributed by atoms with E-state index in [4.69, 9.17) is 10.5 Å². The number of aromatic amines is 1. The lowest BCUT2D eigenvalue weighted by atomic mass is 10.1. The zero-order chi connectivity index (χ0) is 13.9. The molecular weight excluding hydrogens is 268 g/mol. The van der Waals surface area contributed by atoms with E-state index < -0.39 is 0 Å². The third-order valence-electron chi connectivity index (χ3n) is 3.45. The summed E-state index contributed by atoms with van der Waals surface area (Å²) in [7, 11) is 0. The molecule has 0 spiro atoms. The monoisotopic (exact) mass is 286 g/mol. The number of rotatable bonds is 5. The van der Waals surface area contributed by atoms with E-state index in [-0.39, 0.29) is 0 Å². The molecule has 0 aliphatic heterocycles. The molecule has 0 saturated carbocycles. The highest BCUT2D eigenvalue weighted by molar-refractivity contribution is 7.09. The van der Waals surface area contributed by atoms with Gasteiger partial charge < -0.3 is 15.5 Å². The molecule has 0 amide bonds. The Morgan fingerprint density at radius 3 is 2.95 bits per heavy atom. The Bertz CT molecular complexity index is 701. The first-order valence-electron chi connectivity index (χ1n) is 6.74. The number of H-pyrrole nitrogens is 1. The normalized spacial score (nSPS) is 11.1. The lowest BCUT2D eigenvalue weighted by Gasteiger charge is -2.05. The number of thiophene rings is 1. The van der Waals surface area contributed by atoms with E-state index in [1.54, 1.807) is 11.3 Å². The first-order chi connectivity index (χ1) is 9.78. The van der Waals surface area contributed by atoms with Gasteiger partial charge in [0, 0.05) is 21.5 Å². The van der Waals surface area contributed by atoms with Crippen molar-refractivity contribution in [3.63, 3.8) is 0 Å². The standard InChI is InChI=1S/C16H18N2OS/c1-11-14(6-7-17)15-9-12(4-5-16(15)18-11)19-10-13-3-2-8-20-13/h2-5,8-9,18H,6-7,10,17H2,1H3. The molecule has 0 bridgehead atoms. The van der Waals surface area contributed by atoms with Gasteiger partial charge in [0.25, 0.3) is 0 Å². The summed E-state index contributed by atoms with van der Waals surface area (Å²) >= 11 is 1.71. The van der Waals surface area contributed by atoms with Crippen molar-refractivity contribution in [2.75, 3.05) is 6.54 Å². The number of hydrogen-bond acceptors (Lipinski definition) is 3. The molecule has 0 unspecified atom stereocenters. The molecule has 104 valence electrons. The van der Waals surface area contributed by atoms with Crippen molar-refractivity contribution < 1.29 is 4.74 Å².